The minimum atomic E-state index is -0.794. The van der Waals surface area contributed by atoms with Crippen molar-refractivity contribution in [1.82, 2.24) is 4.90 Å². The van der Waals surface area contributed by atoms with Crippen molar-refractivity contribution in [2.24, 2.45) is 23.7 Å². The molecule has 3 amide bonds. The minimum absolute atomic E-state index is 0.0825. The first-order chi connectivity index (χ1) is 13.5. The van der Waals surface area contributed by atoms with Crippen molar-refractivity contribution in [3.05, 3.63) is 36.4 Å². The predicted octanol–water partition coefficient (Wildman–Crippen LogP) is 0.984. The van der Waals surface area contributed by atoms with E-state index in [0.717, 1.165) is 11.3 Å². The topological polar surface area (TPSA) is 102 Å². The number of esters is 1. The summed E-state index contributed by atoms with van der Waals surface area (Å²) in [6.45, 7) is -0.987. The van der Waals surface area contributed by atoms with Gasteiger partial charge >= 0.3 is 5.97 Å². The van der Waals surface area contributed by atoms with Crippen LogP contribution in [0, 0.1) is 23.7 Å². The molecule has 1 aliphatic heterocycles. The van der Waals surface area contributed by atoms with E-state index in [1.165, 1.54) is 7.11 Å². The van der Waals surface area contributed by atoms with Crippen LogP contribution in [-0.4, -0.2) is 48.9 Å². The number of benzene rings is 1. The monoisotopic (exact) mass is 384 g/mol. The van der Waals surface area contributed by atoms with Crippen LogP contribution in [0.1, 0.15) is 6.42 Å². The summed E-state index contributed by atoms with van der Waals surface area (Å²) in [7, 11) is 1.48. The van der Waals surface area contributed by atoms with Crippen LogP contribution in [0.5, 0.6) is 5.75 Å². The molecule has 0 aromatic heterocycles. The number of anilines is 1. The van der Waals surface area contributed by atoms with Crippen molar-refractivity contribution < 1.29 is 28.7 Å². The van der Waals surface area contributed by atoms with E-state index in [1.54, 1.807) is 24.3 Å². The van der Waals surface area contributed by atoms with Crippen LogP contribution in [0.25, 0.3) is 0 Å². The van der Waals surface area contributed by atoms with Gasteiger partial charge in [-0.25, -0.2) is 0 Å². The van der Waals surface area contributed by atoms with Crippen LogP contribution in [-0.2, 0) is 23.9 Å². The number of hydrogen-bond acceptors (Lipinski definition) is 6. The summed E-state index contributed by atoms with van der Waals surface area (Å²) < 4.78 is 10.1. The van der Waals surface area contributed by atoms with Crippen LogP contribution in [0.4, 0.5) is 5.69 Å². The van der Waals surface area contributed by atoms with E-state index in [9.17, 15) is 19.2 Å². The van der Waals surface area contributed by atoms with E-state index >= 15 is 0 Å². The standard InChI is InChI=1S/C20H20N2O6/c1-27-14-5-3-2-4-13(14)21-15(23)10-28-16(24)9-22-19(25)17-11-6-7-12(8-11)18(17)20(22)26/h2-7,11-12,17-18H,8-10H2,1H3,(H,21,23)/t11-,12-,17-,18-/m0/s1. The third-order valence-electron chi connectivity index (χ3n) is 5.59. The minimum Gasteiger partial charge on any atom is -0.495 e. The van der Waals surface area contributed by atoms with Gasteiger partial charge in [-0.2, -0.15) is 0 Å². The van der Waals surface area contributed by atoms with Crippen molar-refractivity contribution in [1.29, 1.82) is 0 Å². The normalized spacial score (nSPS) is 27.1. The van der Waals surface area contributed by atoms with Crippen LogP contribution < -0.4 is 10.1 Å². The summed E-state index contributed by atoms with van der Waals surface area (Å²) in [6, 6.07) is 6.83. The van der Waals surface area contributed by atoms with Gasteiger partial charge in [-0.3, -0.25) is 24.1 Å². The Hall–Kier alpha value is -3.16. The Morgan fingerprint density at radius 2 is 1.75 bits per heavy atom. The van der Waals surface area contributed by atoms with Crippen LogP contribution in [0.3, 0.4) is 0 Å². The highest BCUT2D eigenvalue weighted by molar-refractivity contribution is 6.08. The molecule has 2 aliphatic carbocycles. The highest BCUT2D eigenvalue weighted by atomic mass is 16.5. The second-order valence-corrected chi connectivity index (χ2v) is 7.17. The molecule has 8 heteroatoms. The number of fused-ring (bicyclic) bond motifs is 5. The predicted molar refractivity (Wildman–Crippen MR) is 97.0 cm³/mol. The van der Waals surface area contributed by atoms with Gasteiger partial charge in [0.05, 0.1) is 24.6 Å². The molecule has 2 fully saturated rings. The number of hydrogen-bond donors (Lipinski definition) is 1. The molecule has 2 bridgehead atoms. The van der Waals surface area contributed by atoms with Crippen molar-refractivity contribution in [2.45, 2.75) is 6.42 Å². The maximum Gasteiger partial charge on any atom is 0.326 e. The van der Waals surface area contributed by atoms with Gasteiger partial charge in [0.1, 0.15) is 12.3 Å². The number of carbonyl (C=O) groups excluding carboxylic acids is 4. The Bertz CT molecular complexity index is 849. The molecule has 28 heavy (non-hydrogen) atoms. The molecule has 8 nitrogen and oxygen atoms in total. The number of nitrogens with one attached hydrogen (secondary N) is 1. The molecule has 1 heterocycles. The number of likely N-dealkylation sites (tertiary alicyclic amines) is 1. The Morgan fingerprint density at radius 3 is 2.39 bits per heavy atom. The van der Waals surface area contributed by atoms with Gasteiger partial charge in [0.25, 0.3) is 5.91 Å². The lowest BCUT2D eigenvalue weighted by Crippen LogP contribution is -2.38. The summed E-state index contributed by atoms with van der Waals surface area (Å²) in [5.41, 5.74) is 0.451. The molecule has 1 aromatic rings. The number of para-hydroxylation sites is 2. The molecule has 146 valence electrons. The van der Waals surface area contributed by atoms with Gasteiger partial charge in [0.15, 0.2) is 6.61 Å². The summed E-state index contributed by atoms with van der Waals surface area (Å²) >= 11 is 0. The first-order valence-electron chi connectivity index (χ1n) is 9.11. The van der Waals surface area contributed by atoms with Crippen molar-refractivity contribution in [3.63, 3.8) is 0 Å². The number of imide groups is 1. The smallest absolute Gasteiger partial charge is 0.326 e. The largest absolute Gasteiger partial charge is 0.495 e. The molecule has 1 aromatic carbocycles. The van der Waals surface area contributed by atoms with E-state index in [4.69, 9.17) is 9.47 Å². The maximum atomic E-state index is 12.5. The fraction of sp³-hybridized carbons (Fsp3) is 0.400. The van der Waals surface area contributed by atoms with E-state index in [2.05, 4.69) is 5.32 Å². The Kier molecular flexibility index (Phi) is 4.62. The Morgan fingerprint density at radius 1 is 1.11 bits per heavy atom. The highest BCUT2D eigenvalue weighted by Crippen LogP contribution is 2.52. The molecular weight excluding hydrogens is 364 g/mol. The summed E-state index contributed by atoms with van der Waals surface area (Å²) in [4.78, 5) is 50.1. The third-order valence-corrected chi connectivity index (χ3v) is 5.59. The fourth-order valence-electron chi connectivity index (χ4n) is 4.37. The molecule has 1 saturated carbocycles. The van der Waals surface area contributed by atoms with E-state index in [1.807, 2.05) is 12.2 Å². The number of methoxy groups -OCH3 is 1. The average molecular weight is 384 g/mol. The zero-order valence-electron chi connectivity index (χ0n) is 15.3. The molecule has 1 saturated heterocycles. The number of carbonyl (C=O) groups is 4. The average Bonchev–Trinajstić information content (AvgIpc) is 3.37. The number of nitrogens with zero attached hydrogens (tertiary/aromatic N) is 1. The summed E-state index contributed by atoms with van der Waals surface area (Å²) in [6.07, 6.45) is 4.80. The van der Waals surface area contributed by atoms with Gasteiger partial charge in [-0.1, -0.05) is 24.3 Å². The fourth-order valence-corrected chi connectivity index (χ4v) is 4.37. The number of amides is 3. The van der Waals surface area contributed by atoms with Gasteiger partial charge < -0.3 is 14.8 Å². The lowest BCUT2D eigenvalue weighted by atomic mass is 9.85. The van der Waals surface area contributed by atoms with Crippen LogP contribution >= 0.6 is 0 Å². The van der Waals surface area contributed by atoms with Crippen molar-refractivity contribution in [3.8, 4) is 5.75 Å². The molecule has 1 N–H and O–H groups in total. The third kappa shape index (κ3) is 3.04. The van der Waals surface area contributed by atoms with Crippen molar-refractivity contribution >= 4 is 29.4 Å². The Balaban J connectivity index is 1.30. The summed E-state index contributed by atoms with van der Waals surface area (Å²) in [5.74, 6) is -2.05. The quantitative estimate of drug-likeness (QED) is 0.446. The van der Waals surface area contributed by atoms with Crippen molar-refractivity contribution in [2.75, 3.05) is 25.6 Å². The molecule has 0 unspecified atom stereocenters. The lowest BCUT2D eigenvalue weighted by Gasteiger charge is -2.16. The number of allylic oxidation sites excluding steroid dienone is 2. The molecular formula is C20H20N2O6. The number of rotatable bonds is 6. The first kappa shape index (κ1) is 18.2. The Labute approximate surface area is 161 Å². The lowest BCUT2D eigenvalue weighted by molar-refractivity contribution is -0.154. The molecule has 0 spiro atoms. The number of ether oxygens (including phenoxy) is 2. The SMILES string of the molecule is COc1ccccc1NC(=O)COC(=O)CN1C(=O)[C@@H]2[C@@H](C1=O)[C@H]1C=C[C@H]2C1. The van der Waals surface area contributed by atoms with Gasteiger partial charge in [-0.15, -0.1) is 0 Å². The molecule has 3 aliphatic rings. The zero-order chi connectivity index (χ0) is 19.8. The second-order valence-electron chi connectivity index (χ2n) is 7.17. The van der Waals surface area contributed by atoms with Crippen LogP contribution in [0.15, 0.2) is 36.4 Å². The van der Waals surface area contributed by atoms with Gasteiger partial charge in [-0.05, 0) is 30.4 Å². The summed E-state index contributed by atoms with van der Waals surface area (Å²) in [5, 5.41) is 2.58. The van der Waals surface area contributed by atoms with Gasteiger partial charge in [0, 0.05) is 0 Å². The van der Waals surface area contributed by atoms with Gasteiger partial charge in [0.2, 0.25) is 11.8 Å². The molecule has 4 atom stereocenters. The zero-order valence-corrected chi connectivity index (χ0v) is 15.3. The van der Waals surface area contributed by atoms with Crippen LogP contribution in [0.2, 0.25) is 0 Å². The molecule has 4 rings (SSSR count). The second kappa shape index (κ2) is 7.10. The van der Waals surface area contributed by atoms with E-state index in [0.29, 0.717) is 11.4 Å². The van der Waals surface area contributed by atoms with E-state index < -0.39 is 25.0 Å². The maximum absolute atomic E-state index is 12.5. The first-order valence-corrected chi connectivity index (χ1v) is 9.11. The van der Waals surface area contributed by atoms with E-state index in [-0.39, 0.29) is 35.5 Å². The molecule has 0 radical (unpaired) electrons. The highest BCUT2D eigenvalue weighted by Gasteiger charge is 2.59.